The van der Waals surface area contributed by atoms with E-state index in [2.05, 4.69) is 0 Å². The number of hydrogen-bond donors (Lipinski definition) is 0. The number of carbonyl (C=O) groups is 1. The summed E-state index contributed by atoms with van der Waals surface area (Å²) in [5.41, 5.74) is 0. The zero-order valence-electron chi connectivity index (χ0n) is 8.00. The maximum atomic E-state index is 11.1. The Morgan fingerprint density at radius 1 is 1.33 bits per heavy atom. The number of rotatable bonds is 5. The van der Waals surface area contributed by atoms with Crippen molar-refractivity contribution < 1.29 is 14.6 Å². The van der Waals surface area contributed by atoms with Crippen molar-refractivity contribution in [2.45, 2.75) is 27.2 Å². The second-order valence-electron chi connectivity index (χ2n) is 3.42. The largest absolute Gasteiger partial charge is 0.465 e. The maximum absolute atomic E-state index is 11.1. The third kappa shape index (κ3) is 5.13. The lowest BCUT2D eigenvalue weighted by molar-refractivity contribution is -0.149. The second kappa shape index (κ2) is 6.00. The van der Waals surface area contributed by atoms with Gasteiger partial charge in [-0.3, -0.25) is 4.79 Å². The molecule has 0 heterocycles. The van der Waals surface area contributed by atoms with E-state index in [0.717, 1.165) is 0 Å². The van der Waals surface area contributed by atoms with Crippen LogP contribution in [0.15, 0.2) is 0 Å². The van der Waals surface area contributed by atoms with Crippen molar-refractivity contribution >= 4 is 5.97 Å². The van der Waals surface area contributed by atoms with Gasteiger partial charge in [0.1, 0.15) is 0 Å². The van der Waals surface area contributed by atoms with Crippen molar-refractivity contribution in [1.29, 1.82) is 0 Å². The van der Waals surface area contributed by atoms with Crippen LogP contribution < -0.4 is 0 Å². The molecule has 0 saturated heterocycles. The summed E-state index contributed by atoms with van der Waals surface area (Å²) in [4.78, 5) is 11.1. The predicted octanol–water partition coefficient (Wildman–Crippen LogP) is 1.64. The van der Waals surface area contributed by atoms with E-state index in [4.69, 9.17) is 4.74 Å². The van der Waals surface area contributed by atoms with Gasteiger partial charge in [-0.2, -0.15) is 0 Å². The quantitative estimate of drug-likeness (QED) is 0.593. The molecule has 0 bridgehead atoms. The van der Waals surface area contributed by atoms with Crippen LogP contribution in [-0.2, 0) is 14.6 Å². The number of carbonyl (C=O) groups excluding carboxylic acids is 1. The molecule has 3 nitrogen and oxygen atoms in total. The molecule has 0 spiro atoms. The lowest BCUT2D eigenvalue weighted by Crippen LogP contribution is -2.18. The third-order valence-corrected chi connectivity index (χ3v) is 1.51. The summed E-state index contributed by atoms with van der Waals surface area (Å²) >= 11 is 0. The highest BCUT2D eigenvalue weighted by molar-refractivity contribution is 5.71. The molecule has 12 heavy (non-hydrogen) atoms. The molecular formula is C9H17O3. The molecule has 1 radical (unpaired) electrons. The SMILES string of the molecule is CC(C)COC(=O)C(C)CC[O]. The normalized spacial score (nSPS) is 13.1. The molecule has 1 atom stereocenters. The molecule has 0 fully saturated rings. The highest BCUT2D eigenvalue weighted by atomic mass is 16.5. The van der Waals surface area contributed by atoms with Crippen LogP contribution in [0.4, 0.5) is 0 Å². The monoisotopic (exact) mass is 173 g/mol. The molecular weight excluding hydrogens is 156 g/mol. The Morgan fingerprint density at radius 2 is 1.92 bits per heavy atom. The van der Waals surface area contributed by atoms with E-state index in [1.807, 2.05) is 13.8 Å². The minimum absolute atomic E-state index is 0.210. The predicted molar refractivity (Wildman–Crippen MR) is 45.1 cm³/mol. The van der Waals surface area contributed by atoms with E-state index in [0.29, 0.717) is 18.9 Å². The fourth-order valence-corrected chi connectivity index (χ4v) is 0.686. The van der Waals surface area contributed by atoms with Gasteiger partial charge in [-0.15, -0.1) is 0 Å². The van der Waals surface area contributed by atoms with Crippen LogP contribution >= 0.6 is 0 Å². The third-order valence-electron chi connectivity index (χ3n) is 1.51. The Balaban J connectivity index is 3.57. The molecule has 0 rings (SSSR count). The van der Waals surface area contributed by atoms with Gasteiger partial charge >= 0.3 is 5.97 Å². The summed E-state index contributed by atoms with van der Waals surface area (Å²) < 4.78 is 4.94. The Hall–Kier alpha value is -0.570. The van der Waals surface area contributed by atoms with E-state index < -0.39 is 0 Å². The fraction of sp³-hybridized carbons (Fsp3) is 0.889. The highest BCUT2D eigenvalue weighted by Gasteiger charge is 2.13. The minimum atomic E-state index is -0.250. The van der Waals surface area contributed by atoms with Gasteiger partial charge < -0.3 is 4.74 Å². The molecule has 0 saturated carbocycles. The fourth-order valence-electron chi connectivity index (χ4n) is 0.686. The first-order valence-corrected chi connectivity index (χ1v) is 4.32. The van der Waals surface area contributed by atoms with Crippen LogP contribution in [0.2, 0.25) is 0 Å². The van der Waals surface area contributed by atoms with Gasteiger partial charge in [0.15, 0.2) is 0 Å². The lowest BCUT2D eigenvalue weighted by Gasteiger charge is -2.10. The molecule has 1 unspecified atom stereocenters. The van der Waals surface area contributed by atoms with Crippen molar-refractivity contribution in [3.8, 4) is 0 Å². The summed E-state index contributed by atoms with van der Waals surface area (Å²) in [6.45, 7) is 5.91. The van der Waals surface area contributed by atoms with E-state index in [1.165, 1.54) is 0 Å². The van der Waals surface area contributed by atoms with Gasteiger partial charge in [0, 0.05) is 0 Å². The van der Waals surface area contributed by atoms with E-state index in [9.17, 15) is 9.90 Å². The highest BCUT2D eigenvalue weighted by Crippen LogP contribution is 2.05. The molecule has 0 aliphatic heterocycles. The summed E-state index contributed by atoms with van der Waals surface area (Å²) in [6, 6.07) is 0. The van der Waals surface area contributed by atoms with E-state index in [1.54, 1.807) is 6.92 Å². The van der Waals surface area contributed by atoms with Gasteiger partial charge in [0.2, 0.25) is 0 Å². The topological polar surface area (TPSA) is 46.2 Å². The first-order valence-electron chi connectivity index (χ1n) is 4.32. The van der Waals surface area contributed by atoms with Crippen molar-refractivity contribution in [1.82, 2.24) is 0 Å². The standard InChI is InChI=1S/C9H17O3/c1-7(2)6-12-9(11)8(3)4-5-10/h7-8H,4-6H2,1-3H3. The van der Waals surface area contributed by atoms with Crippen LogP contribution in [0, 0.1) is 11.8 Å². The molecule has 0 aromatic heterocycles. The summed E-state index contributed by atoms with van der Waals surface area (Å²) in [6.07, 6.45) is 0.372. The zero-order chi connectivity index (χ0) is 9.56. The van der Waals surface area contributed by atoms with Crippen LogP contribution in [0.1, 0.15) is 27.2 Å². The molecule has 3 heteroatoms. The molecule has 0 aliphatic rings. The molecule has 0 aromatic rings. The van der Waals surface area contributed by atoms with Gasteiger partial charge in [-0.1, -0.05) is 20.8 Å². The van der Waals surface area contributed by atoms with E-state index >= 15 is 0 Å². The van der Waals surface area contributed by atoms with Crippen LogP contribution in [0.5, 0.6) is 0 Å². The molecule has 0 aromatic carbocycles. The van der Waals surface area contributed by atoms with Crippen LogP contribution in [0.3, 0.4) is 0 Å². The van der Waals surface area contributed by atoms with Crippen molar-refractivity contribution in [2.24, 2.45) is 11.8 Å². The summed E-state index contributed by atoms with van der Waals surface area (Å²) in [5, 5.41) is 10.2. The smallest absolute Gasteiger partial charge is 0.308 e. The lowest BCUT2D eigenvalue weighted by atomic mass is 10.1. The average Bonchev–Trinajstić information content (AvgIpc) is 2.00. The maximum Gasteiger partial charge on any atom is 0.308 e. The molecule has 0 amide bonds. The van der Waals surface area contributed by atoms with Gasteiger partial charge in [0.05, 0.1) is 19.1 Å². The first-order chi connectivity index (χ1) is 5.57. The van der Waals surface area contributed by atoms with E-state index in [-0.39, 0.29) is 18.5 Å². The Morgan fingerprint density at radius 3 is 2.33 bits per heavy atom. The zero-order valence-corrected chi connectivity index (χ0v) is 8.00. The Bertz CT molecular complexity index is 132. The molecule has 0 aliphatic carbocycles. The molecule has 0 N–H and O–H groups in total. The second-order valence-corrected chi connectivity index (χ2v) is 3.42. The summed E-state index contributed by atoms with van der Waals surface area (Å²) in [5.74, 6) is -0.144. The number of esters is 1. The Labute approximate surface area is 73.7 Å². The molecule has 71 valence electrons. The first kappa shape index (κ1) is 11.4. The average molecular weight is 173 g/mol. The van der Waals surface area contributed by atoms with Crippen LogP contribution in [-0.4, -0.2) is 19.2 Å². The van der Waals surface area contributed by atoms with Crippen molar-refractivity contribution in [3.05, 3.63) is 0 Å². The van der Waals surface area contributed by atoms with Crippen molar-refractivity contribution in [2.75, 3.05) is 13.2 Å². The van der Waals surface area contributed by atoms with Crippen LogP contribution in [0.25, 0.3) is 0 Å². The van der Waals surface area contributed by atoms with Gasteiger partial charge in [0.25, 0.3) is 0 Å². The Kier molecular flexibility index (Phi) is 5.72. The number of hydrogen-bond acceptors (Lipinski definition) is 2. The van der Waals surface area contributed by atoms with Gasteiger partial charge in [-0.05, 0) is 12.3 Å². The number of ether oxygens (including phenoxy) is 1. The van der Waals surface area contributed by atoms with Crippen molar-refractivity contribution in [3.63, 3.8) is 0 Å². The minimum Gasteiger partial charge on any atom is -0.465 e. The summed E-state index contributed by atoms with van der Waals surface area (Å²) in [7, 11) is 0. The van der Waals surface area contributed by atoms with Gasteiger partial charge in [-0.25, -0.2) is 5.11 Å².